The monoisotopic (exact) mass is 267 g/mol. The first-order valence-electron chi connectivity index (χ1n) is 3.46. The van der Waals surface area contributed by atoms with Crippen LogP contribution in [0.1, 0.15) is 0 Å². The quantitative estimate of drug-likeness (QED) is 0.788. The SMILES string of the molecule is CN(c1cc(Br)n(C)n1)S(C)(=O)=O. The molecule has 13 heavy (non-hydrogen) atoms. The highest BCUT2D eigenvalue weighted by Gasteiger charge is 2.15. The van der Waals surface area contributed by atoms with Crippen LogP contribution in [0, 0.1) is 0 Å². The van der Waals surface area contributed by atoms with Gasteiger partial charge in [-0.15, -0.1) is 0 Å². The second-order valence-corrected chi connectivity index (χ2v) is 5.51. The molecule has 0 N–H and O–H groups in total. The predicted octanol–water partition coefficient (Wildman–Crippen LogP) is 0.578. The zero-order valence-electron chi connectivity index (χ0n) is 7.52. The largest absolute Gasteiger partial charge is 0.259 e. The maximum Gasteiger partial charge on any atom is 0.233 e. The van der Waals surface area contributed by atoms with E-state index < -0.39 is 10.0 Å². The Kier molecular flexibility index (Phi) is 2.67. The van der Waals surface area contributed by atoms with Crippen molar-refractivity contribution in [2.75, 3.05) is 17.6 Å². The van der Waals surface area contributed by atoms with Crippen LogP contribution in [0.2, 0.25) is 0 Å². The standard InChI is InChI=1S/C6H10BrN3O2S/c1-9-5(7)4-6(8-9)10(2)13(3,11)12/h4H,1-3H3. The summed E-state index contributed by atoms with van der Waals surface area (Å²) in [5.41, 5.74) is 0. The third kappa shape index (κ3) is 2.22. The van der Waals surface area contributed by atoms with Crippen LogP contribution in [0.5, 0.6) is 0 Å². The van der Waals surface area contributed by atoms with E-state index >= 15 is 0 Å². The van der Waals surface area contributed by atoms with Crippen molar-refractivity contribution in [2.45, 2.75) is 0 Å². The van der Waals surface area contributed by atoms with Crippen molar-refractivity contribution >= 4 is 31.8 Å². The normalized spacial score (nSPS) is 11.7. The van der Waals surface area contributed by atoms with Crippen LogP contribution in [0.25, 0.3) is 0 Å². The molecule has 0 saturated heterocycles. The molecule has 0 saturated carbocycles. The molecule has 0 fully saturated rings. The zero-order valence-corrected chi connectivity index (χ0v) is 9.92. The summed E-state index contributed by atoms with van der Waals surface area (Å²) >= 11 is 3.23. The summed E-state index contributed by atoms with van der Waals surface area (Å²) in [6, 6.07) is 1.64. The lowest BCUT2D eigenvalue weighted by atomic mass is 10.6. The summed E-state index contributed by atoms with van der Waals surface area (Å²) in [6.07, 6.45) is 1.13. The molecule has 0 aliphatic heterocycles. The molecule has 0 radical (unpaired) electrons. The molecule has 0 aliphatic carbocycles. The number of hydrogen-bond donors (Lipinski definition) is 0. The molecular weight excluding hydrogens is 258 g/mol. The average Bonchev–Trinajstić information content (AvgIpc) is 2.29. The molecule has 1 heterocycles. The Hall–Kier alpha value is -0.560. The van der Waals surface area contributed by atoms with Crippen molar-refractivity contribution in [3.63, 3.8) is 0 Å². The minimum atomic E-state index is -3.22. The average molecular weight is 268 g/mol. The van der Waals surface area contributed by atoms with Gasteiger partial charge >= 0.3 is 0 Å². The van der Waals surface area contributed by atoms with Gasteiger partial charge in [-0.3, -0.25) is 8.99 Å². The van der Waals surface area contributed by atoms with E-state index in [4.69, 9.17) is 0 Å². The van der Waals surface area contributed by atoms with Gasteiger partial charge in [-0.05, 0) is 15.9 Å². The summed E-state index contributed by atoms with van der Waals surface area (Å²) in [4.78, 5) is 0. The van der Waals surface area contributed by atoms with Gasteiger partial charge in [-0.25, -0.2) is 8.42 Å². The fourth-order valence-electron chi connectivity index (χ4n) is 0.754. The number of aryl methyl sites for hydroxylation is 1. The summed E-state index contributed by atoms with van der Waals surface area (Å²) < 4.78 is 25.6. The lowest BCUT2D eigenvalue weighted by Gasteiger charge is -2.11. The molecular formula is C6H10BrN3O2S. The van der Waals surface area contributed by atoms with Gasteiger partial charge in [0.15, 0.2) is 5.82 Å². The molecule has 0 bridgehead atoms. The minimum Gasteiger partial charge on any atom is -0.259 e. The molecule has 74 valence electrons. The first-order valence-corrected chi connectivity index (χ1v) is 6.10. The van der Waals surface area contributed by atoms with Gasteiger partial charge in [0.05, 0.1) is 6.26 Å². The van der Waals surface area contributed by atoms with E-state index in [0.29, 0.717) is 5.82 Å². The lowest BCUT2D eigenvalue weighted by Crippen LogP contribution is -2.25. The summed E-state index contributed by atoms with van der Waals surface area (Å²) in [6.45, 7) is 0. The molecule has 5 nitrogen and oxygen atoms in total. The second kappa shape index (κ2) is 3.30. The fraction of sp³-hybridized carbons (Fsp3) is 0.500. The smallest absolute Gasteiger partial charge is 0.233 e. The second-order valence-electron chi connectivity index (χ2n) is 2.68. The molecule has 0 atom stereocenters. The van der Waals surface area contributed by atoms with E-state index in [2.05, 4.69) is 21.0 Å². The highest BCUT2D eigenvalue weighted by molar-refractivity contribution is 9.10. The summed E-state index contributed by atoms with van der Waals surface area (Å²) in [5, 5.41) is 3.99. The van der Waals surface area contributed by atoms with Gasteiger partial charge in [0.25, 0.3) is 0 Å². The van der Waals surface area contributed by atoms with Gasteiger partial charge in [0, 0.05) is 20.2 Å². The molecule has 0 amide bonds. The maximum absolute atomic E-state index is 11.1. The molecule has 0 spiro atoms. The molecule has 1 aromatic heterocycles. The van der Waals surface area contributed by atoms with Gasteiger partial charge in [0.2, 0.25) is 10.0 Å². The zero-order chi connectivity index (χ0) is 10.2. The maximum atomic E-state index is 11.1. The first kappa shape index (κ1) is 10.5. The van der Waals surface area contributed by atoms with E-state index in [1.165, 1.54) is 7.05 Å². The molecule has 1 aromatic rings. The van der Waals surface area contributed by atoms with E-state index in [1.54, 1.807) is 17.8 Å². The van der Waals surface area contributed by atoms with E-state index in [-0.39, 0.29) is 0 Å². The van der Waals surface area contributed by atoms with Crippen LogP contribution in [0.3, 0.4) is 0 Å². The predicted molar refractivity (Wildman–Crippen MR) is 54.2 cm³/mol. The topological polar surface area (TPSA) is 55.2 Å². The Bertz CT molecular complexity index is 392. The van der Waals surface area contributed by atoms with Crippen molar-refractivity contribution in [2.24, 2.45) is 7.05 Å². The first-order chi connectivity index (χ1) is 5.82. The Morgan fingerprint density at radius 3 is 2.46 bits per heavy atom. The van der Waals surface area contributed by atoms with Gasteiger partial charge in [-0.1, -0.05) is 0 Å². The minimum absolute atomic E-state index is 0.400. The van der Waals surface area contributed by atoms with Crippen LogP contribution in [0.4, 0.5) is 5.82 Å². The number of sulfonamides is 1. The number of aromatic nitrogens is 2. The van der Waals surface area contributed by atoms with Crippen molar-refractivity contribution < 1.29 is 8.42 Å². The van der Waals surface area contributed by atoms with Gasteiger partial charge in [0.1, 0.15) is 4.60 Å². The summed E-state index contributed by atoms with van der Waals surface area (Å²) in [5.74, 6) is 0.400. The molecule has 0 aromatic carbocycles. The van der Waals surface area contributed by atoms with Gasteiger partial charge in [-0.2, -0.15) is 5.10 Å². The number of hydrogen-bond acceptors (Lipinski definition) is 3. The van der Waals surface area contributed by atoms with Crippen molar-refractivity contribution in [3.8, 4) is 0 Å². The number of rotatable bonds is 2. The highest BCUT2D eigenvalue weighted by atomic mass is 79.9. The number of halogens is 1. The van der Waals surface area contributed by atoms with Crippen molar-refractivity contribution in [1.29, 1.82) is 0 Å². The summed E-state index contributed by atoms with van der Waals surface area (Å²) in [7, 11) is -0.0343. The molecule has 1 rings (SSSR count). The van der Waals surface area contributed by atoms with Crippen LogP contribution >= 0.6 is 15.9 Å². The number of anilines is 1. The van der Waals surface area contributed by atoms with Crippen molar-refractivity contribution in [1.82, 2.24) is 9.78 Å². The molecule has 0 unspecified atom stereocenters. The van der Waals surface area contributed by atoms with Crippen LogP contribution in [0.15, 0.2) is 10.7 Å². The highest BCUT2D eigenvalue weighted by Crippen LogP contribution is 2.18. The molecule has 7 heteroatoms. The lowest BCUT2D eigenvalue weighted by molar-refractivity contribution is 0.599. The van der Waals surface area contributed by atoms with Crippen LogP contribution in [-0.2, 0) is 17.1 Å². The van der Waals surface area contributed by atoms with E-state index in [9.17, 15) is 8.42 Å². The number of nitrogens with zero attached hydrogens (tertiary/aromatic N) is 3. The van der Waals surface area contributed by atoms with E-state index in [1.807, 2.05) is 0 Å². The third-order valence-corrected chi connectivity index (χ3v) is 3.55. The van der Waals surface area contributed by atoms with Crippen molar-refractivity contribution in [3.05, 3.63) is 10.7 Å². The fourth-order valence-corrected chi connectivity index (χ4v) is 1.47. The Labute approximate surface area is 85.5 Å². The van der Waals surface area contributed by atoms with Gasteiger partial charge < -0.3 is 0 Å². The Balaban J connectivity index is 3.10. The Morgan fingerprint density at radius 2 is 2.15 bits per heavy atom. The van der Waals surface area contributed by atoms with Crippen LogP contribution < -0.4 is 4.31 Å². The van der Waals surface area contributed by atoms with Crippen LogP contribution in [-0.4, -0.2) is 31.5 Å². The third-order valence-electron chi connectivity index (χ3n) is 1.63. The van der Waals surface area contributed by atoms with E-state index in [0.717, 1.165) is 15.2 Å². The molecule has 0 aliphatic rings. The Morgan fingerprint density at radius 1 is 1.62 bits per heavy atom.